The highest BCUT2D eigenvalue weighted by Crippen LogP contribution is 2.19. The van der Waals surface area contributed by atoms with Gasteiger partial charge in [-0.2, -0.15) is 5.10 Å². The number of aliphatic hydroxyl groups is 1. The molecule has 0 aliphatic carbocycles. The quantitative estimate of drug-likeness (QED) is 0.831. The van der Waals surface area contributed by atoms with Crippen LogP contribution in [0.25, 0.3) is 5.69 Å². The first-order valence-electron chi connectivity index (χ1n) is 5.23. The number of benzene rings is 1. The molecule has 0 spiro atoms. The number of nitrogens with zero attached hydrogens (tertiary/aromatic N) is 2. The van der Waals surface area contributed by atoms with Crippen LogP contribution in [0.1, 0.15) is 5.69 Å². The highest BCUT2D eigenvalue weighted by molar-refractivity contribution is 5.93. The largest absolute Gasteiger partial charge is 0.387 e. The van der Waals surface area contributed by atoms with E-state index >= 15 is 0 Å². The molecule has 0 unspecified atom stereocenters. The third-order valence-electron chi connectivity index (χ3n) is 2.29. The summed E-state index contributed by atoms with van der Waals surface area (Å²) in [5, 5.41) is 15.6. The van der Waals surface area contributed by atoms with Gasteiger partial charge in [0.1, 0.15) is 6.61 Å². The van der Waals surface area contributed by atoms with E-state index in [1.165, 1.54) is 0 Å². The summed E-state index contributed by atoms with van der Waals surface area (Å²) in [6.07, 6.45) is 1.82. The molecule has 2 rings (SSSR count). The molecule has 88 valence electrons. The number of carbonyl (C=O) groups is 1. The molecule has 1 aromatic carbocycles. The Kier molecular flexibility index (Phi) is 3.20. The number of amides is 1. The van der Waals surface area contributed by atoms with E-state index in [4.69, 9.17) is 5.11 Å². The SMILES string of the molecule is Cc1ccn(-c2ccccc2NC(=O)CO)n1. The molecule has 0 saturated heterocycles. The van der Waals surface area contributed by atoms with E-state index in [1.807, 2.05) is 37.4 Å². The van der Waals surface area contributed by atoms with Crippen LogP contribution in [0, 0.1) is 6.92 Å². The van der Waals surface area contributed by atoms with Crippen molar-refractivity contribution < 1.29 is 9.90 Å². The zero-order valence-corrected chi connectivity index (χ0v) is 9.42. The van der Waals surface area contributed by atoms with Crippen molar-refractivity contribution in [1.29, 1.82) is 0 Å². The summed E-state index contributed by atoms with van der Waals surface area (Å²) < 4.78 is 1.68. The van der Waals surface area contributed by atoms with Crippen LogP contribution in [0.5, 0.6) is 0 Å². The van der Waals surface area contributed by atoms with Crippen LogP contribution >= 0.6 is 0 Å². The van der Waals surface area contributed by atoms with E-state index in [-0.39, 0.29) is 0 Å². The molecule has 0 bridgehead atoms. The smallest absolute Gasteiger partial charge is 0.250 e. The van der Waals surface area contributed by atoms with Gasteiger partial charge in [0.15, 0.2) is 0 Å². The van der Waals surface area contributed by atoms with Gasteiger partial charge in [-0.05, 0) is 25.1 Å². The van der Waals surface area contributed by atoms with Crippen molar-refractivity contribution in [2.75, 3.05) is 11.9 Å². The molecule has 0 aliphatic rings. The summed E-state index contributed by atoms with van der Waals surface area (Å²) in [7, 11) is 0. The van der Waals surface area contributed by atoms with E-state index in [2.05, 4.69) is 10.4 Å². The second-order valence-electron chi connectivity index (χ2n) is 3.63. The van der Waals surface area contributed by atoms with Gasteiger partial charge in [-0.25, -0.2) is 4.68 Å². The highest BCUT2D eigenvalue weighted by atomic mass is 16.3. The van der Waals surface area contributed by atoms with Gasteiger partial charge in [0.2, 0.25) is 5.91 Å². The topological polar surface area (TPSA) is 67.2 Å². The van der Waals surface area contributed by atoms with E-state index in [0.29, 0.717) is 5.69 Å². The number of carbonyl (C=O) groups excluding carboxylic acids is 1. The third-order valence-corrected chi connectivity index (χ3v) is 2.29. The molecule has 2 N–H and O–H groups in total. The second-order valence-corrected chi connectivity index (χ2v) is 3.63. The molecule has 1 aromatic heterocycles. The Morgan fingerprint density at radius 3 is 2.82 bits per heavy atom. The Hall–Kier alpha value is -2.14. The lowest BCUT2D eigenvalue weighted by Crippen LogP contribution is -2.17. The molecule has 1 amide bonds. The first kappa shape index (κ1) is 11.3. The monoisotopic (exact) mass is 231 g/mol. The number of anilines is 1. The number of aromatic nitrogens is 2. The lowest BCUT2D eigenvalue weighted by Gasteiger charge is -2.09. The first-order valence-corrected chi connectivity index (χ1v) is 5.23. The van der Waals surface area contributed by atoms with Crippen LogP contribution in [0.2, 0.25) is 0 Å². The fourth-order valence-corrected chi connectivity index (χ4v) is 1.52. The molecule has 0 aliphatic heterocycles. The van der Waals surface area contributed by atoms with Crippen LogP contribution in [0.15, 0.2) is 36.5 Å². The van der Waals surface area contributed by atoms with Gasteiger partial charge < -0.3 is 10.4 Å². The number of aryl methyl sites for hydroxylation is 1. The van der Waals surface area contributed by atoms with Crippen molar-refractivity contribution >= 4 is 11.6 Å². The van der Waals surface area contributed by atoms with E-state index in [9.17, 15) is 4.79 Å². The Labute approximate surface area is 98.7 Å². The van der Waals surface area contributed by atoms with Crippen molar-refractivity contribution in [3.8, 4) is 5.69 Å². The van der Waals surface area contributed by atoms with Gasteiger partial charge in [-0.1, -0.05) is 12.1 Å². The second kappa shape index (κ2) is 4.80. The van der Waals surface area contributed by atoms with Crippen molar-refractivity contribution in [3.05, 3.63) is 42.2 Å². The molecule has 5 heteroatoms. The lowest BCUT2D eigenvalue weighted by molar-refractivity contribution is -0.118. The maximum absolute atomic E-state index is 11.2. The predicted molar refractivity (Wildman–Crippen MR) is 64.0 cm³/mol. The van der Waals surface area contributed by atoms with Crippen molar-refractivity contribution in [2.24, 2.45) is 0 Å². The molecule has 1 heterocycles. The highest BCUT2D eigenvalue weighted by Gasteiger charge is 2.07. The normalized spacial score (nSPS) is 10.2. The van der Waals surface area contributed by atoms with Gasteiger partial charge in [0, 0.05) is 6.20 Å². The number of para-hydroxylation sites is 2. The minimum absolute atomic E-state index is 0.443. The average molecular weight is 231 g/mol. The number of rotatable bonds is 3. The molecule has 0 fully saturated rings. The van der Waals surface area contributed by atoms with Crippen molar-refractivity contribution in [3.63, 3.8) is 0 Å². The molecule has 5 nitrogen and oxygen atoms in total. The predicted octanol–water partition coefficient (Wildman–Crippen LogP) is 1.11. The number of nitrogens with one attached hydrogen (secondary N) is 1. The zero-order chi connectivity index (χ0) is 12.3. The van der Waals surface area contributed by atoms with Crippen LogP contribution in [-0.4, -0.2) is 27.4 Å². The van der Waals surface area contributed by atoms with Crippen molar-refractivity contribution in [2.45, 2.75) is 6.92 Å². The van der Waals surface area contributed by atoms with Gasteiger partial charge in [-0.3, -0.25) is 4.79 Å². The lowest BCUT2D eigenvalue weighted by atomic mass is 10.2. The maximum Gasteiger partial charge on any atom is 0.250 e. The Balaban J connectivity index is 2.37. The standard InChI is InChI=1S/C12H13N3O2/c1-9-6-7-15(14-9)11-5-3-2-4-10(11)13-12(17)8-16/h2-7,16H,8H2,1H3,(H,13,17). The minimum Gasteiger partial charge on any atom is -0.387 e. The molecular weight excluding hydrogens is 218 g/mol. The average Bonchev–Trinajstić information content (AvgIpc) is 2.76. The van der Waals surface area contributed by atoms with Gasteiger partial charge >= 0.3 is 0 Å². The fraction of sp³-hybridized carbons (Fsp3) is 0.167. The fourth-order valence-electron chi connectivity index (χ4n) is 1.52. The van der Waals surface area contributed by atoms with Crippen LogP contribution in [-0.2, 0) is 4.79 Å². The van der Waals surface area contributed by atoms with Gasteiger partial charge in [0.05, 0.1) is 17.1 Å². The Morgan fingerprint density at radius 2 is 2.18 bits per heavy atom. The number of hydrogen-bond donors (Lipinski definition) is 2. The van der Waals surface area contributed by atoms with E-state index in [1.54, 1.807) is 10.7 Å². The maximum atomic E-state index is 11.2. The first-order chi connectivity index (χ1) is 8.20. The van der Waals surface area contributed by atoms with Gasteiger partial charge in [0.25, 0.3) is 0 Å². The summed E-state index contributed by atoms with van der Waals surface area (Å²) in [6, 6.07) is 9.16. The number of aliphatic hydroxyl groups excluding tert-OH is 1. The molecule has 0 radical (unpaired) electrons. The van der Waals surface area contributed by atoms with E-state index < -0.39 is 12.5 Å². The summed E-state index contributed by atoms with van der Waals surface area (Å²) in [4.78, 5) is 11.2. The molecule has 0 saturated carbocycles. The van der Waals surface area contributed by atoms with Gasteiger partial charge in [-0.15, -0.1) is 0 Å². The Bertz CT molecular complexity index is 534. The summed E-state index contributed by atoms with van der Waals surface area (Å²) in [5.74, 6) is -0.443. The summed E-state index contributed by atoms with van der Waals surface area (Å²) in [5.41, 5.74) is 2.28. The molecule has 17 heavy (non-hydrogen) atoms. The molecule has 2 aromatic rings. The third kappa shape index (κ3) is 2.51. The van der Waals surface area contributed by atoms with Crippen LogP contribution in [0.4, 0.5) is 5.69 Å². The van der Waals surface area contributed by atoms with E-state index in [0.717, 1.165) is 11.4 Å². The van der Waals surface area contributed by atoms with Crippen molar-refractivity contribution in [1.82, 2.24) is 9.78 Å². The summed E-state index contributed by atoms with van der Waals surface area (Å²) in [6.45, 7) is 1.36. The molecular formula is C12H13N3O2. The number of hydrogen-bond acceptors (Lipinski definition) is 3. The van der Waals surface area contributed by atoms with Crippen LogP contribution < -0.4 is 5.32 Å². The Morgan fingerprint density at radius 1 is 1.41 bits per heavy atom. The zero-order valence-electron chi connectivity index (χ0n) is 9.42. The summed E-state index contributed by atoms with van der Waals surface area (Å²) >= 11 is 0. The molecule has 0 atom stereocenters. The van der Waals surface area contributed by atoms with Crippen LogP contribution in [0.3, 0.4) is 0 Å². The minimum atomic E-state index is -0.535.